The van der Waals surface area contributed by atoms with Crippen LogP contribution < -0.4 is 10.6 Å². The van der Waals surface area contributed by atoms with E-state index in [-0.39, 0.29) is 24.4 Å². The highest BCUT2D eigenvalue weighted by Crippen LogP contribution is 2.33. The van der Waals surface area contributed by atoms with Crippen LogP contribution in [0, 0.1) is 5.41 Å². The van der Waals surface area contributed by atoms with Crippen molar-refractivity contribution in [2.75, 3.05) is 25.1 Å². The first kappa shape index (κ1) is 17.8. The number of nitrogens with zero attached hydrogens (tertiary/aromatic N) is 1. The quantitative estimate of drug-likeness (QED) is 0.869. The Morgan fingerprint density at radius 1 is 1.24 bits per heavy atom. The Morgan fingerprint density at radius 2 is 1.76 bits per heavy atom. The zero-order valence-electron chi connectivity index (χ0n) is 13.0. The Kier molecular flexibility index (Phi) is 6.05. The van der Waals surface area contributed by atoms with Gasteiger partial charge in [-0.25, -0.2) is 0 Å². The van der Waals surface area contributed by atoms with Gasteiger partial charge < -0.3 is 15.4 Å². The van der Waals surface area contributed by atoms with Gasteiger partial charge in [0.2, 0.25) is 0 Å². The summed E-state index contributed by atoms with van der Waals surface area (Å²) in [6.45, 7) is 5.88. The van der Waals surface area contributed by atoms with E-state index in [4.69, 9.17) is 10.5 Å². The largest absolute Gasteiger partial charge is 0.469 e. The van der Waals surface area contributed by atoms with Gasteiger partial charge in [-0.15, -0.1) is 12.4 Å². The molecule has 0 bridgehead atoms. The van der Waals surface area contributed by atoms with Crippen molar-refractivity contribution >= 4 is 24.1 Å². The third-order valence-electron chi connectivity index (χ3n) is 4.21. The van der Waals surface area contributed by atoms with Crippen LogP contribution >= 0.6 is 12.4 Å². The van der Waals surface area contributed by atoms with E-state index in [1.807, 2.05) is 26.0 Å². The standard InChI is InChI=1S/C16H24N2O2.ClH/c1-16(2,15(19)20-3)14(17)12-6-8-13(9-7-12)18-10-4-5-11-18;/h6-9,14H,4-5,10-11,17H2,1-3H3;1H/t14-;/m1./s1. The molecule has 0 radical (unpaired) electrons. The van der Waals surface area contributed by atoms with Gasteiger partial charge in [0.1, 0.15) is 0 Å². The van der Waals surface area contributed by atoms with E-state index < -0.39 is 5.41 Å². The molecule has 0 saturated carbocycles. The summed E-state index contributed by atoms with van der Waals surface area (Å²) in [7, 11) is 1.40. The van der Waals surface area contributed by atoms with Gasteiger partial charge in [0.25, 0.3) is 0 Å². The van der Waals surface area contributed by atoms with Gasteiger partial charge >= 0.3 is 5.97 Å². The maximum atomic E-state index is 11.8. The smallest absolute Gasteiger partial charge is 0.313 e. The Morgan fingerprint density at radius 3 is 2.24 bits per heavy atom. The number of anilines is 1. The third-order valence-corrected chi connectivity index (χ3v) is 4.21. The number of hydrogen-bond donors (Lipinski definition) is 1. The molecule has 1 aromatic rings. The van der Waals surface area contributed by atoms with E-state index in [1.165, 1.54) is 25.6 Å². The Balaban J connectivity index is 0.00000220. The van der Waals surface area contributed by atoms with Crippen LogP contribution in [-0.4, -0.2) is 26.2 Å². The molecule has 1 saturated heterocycles. The Hall–Kier alpha value is -1.26. The number of hydrogen-bond acceptors (Lipinski definition) is 4. The topological polar surface area (TPSA) is 55.6 Å². The summed E-state index contributed by atoms with van der Waals surface area (Å²) >= 11 is 0. The van der Waals surface area contributed by atoms with Gasteiger partial charge in [-0.05, 0) is 44.4 Å². The van der Waals surface area contributed by atoms with E-state index >= 15 is 0 Å². The number of carbonyl (C=O) groups excluding carboxylic acids is 1. The second kappa shape index (κ2) is 7.14. The summed E-state index contributed by atoms with van der Waals surface area (Å²) in [5, 5.41) is 0. The van der Waals surface area contributed by atoms with Crippen molar-refractivity contribution in [3.63, 3.8) is 0 Å². The fraction of sp³-hybridized carbons (Fsp3) is 0.562. The monoisotopic (exact) mass is 312 g/mol. The zero-order valence-corrected chi connectivity index (χ0v) is 13.8. The summed E-state index contributed by atoms with van der Waals surface area (Å²) in [5.74, 6) is -0.284. The van der Waals surface area contributed by atoms with Gasteiger partial charge in [0, 0.05) is 24.8 Å². The number of esters is 1. The lowest BCUT2D eigenvalue weighted by Gasteiger charge is -2.29. The van der Waals surface area contributed by atoms with Gasteiger partial charge in [-0.3, -0.25) is 4.79 Å². The van der Waals surface area contributed by atoms with Crippen molar-refractivity contribution in [2.24, 2.45) is 11.1 Å². The molecule has 2 N–H and O–H groups in total. The third kappa shape index (κ3) is 3.69. The number of halogens is 1. The van der Waals surface area contributed by atoms with Crippen LogP contribution in [0.4, 0.5) is 5.69 Å². The summed E-state index contributed by atoms with van der Waals surface area (Å²) in [4.78, 5) is 14.2. The molecule has 4 nitrogen and oxygen atoms in total. The minimum absolute atomic E-state index is 0. The van der Waals surface area contributed by atoms with Crippen molar-refractivity contribution in [1.29, 1.82) is 0 Å². The summed E-state index contributed by atoms with van der Waals surface area (Å²) < 4.78 is 4.84. The highest BCUT2D eigenvalue weighted by molar-refractivity contribution is 5.85. The van der Waals surface area contributed by atoms with Gasteiger partial charge in [-0.2, -0.15) is 0 Å². The zero-order chi connectivity index (χ0) is 14.8. The van der Waals surface area contributed by atoms with Crippen LogP contribution in [0.5, 0.6) is 0 Å². The predicted octanol–water partition coefficient (Wildman–Crippen LogP) is 2.91. The van der Waals surface area contributed by atoms with Crippen LogP contribution in [0.15, 0.2) is 24.3 Å². The number of rotatable bonds is 4. The minimum Gasteiger partial charge on any atom is -0.469 e. The van der Waals surface area contributed by atoms with Crippen LogP contribution in [0.1, 0.15) is 38.3 Å². The van der Waals surface area contributed by atoms with E-state index in [1.54, 1.807) is 0 Å². The summed E-state index contributed by atoms with van der Waals surface area (Å²) in [6.07, 6.45) is 2.52. The lowest BCUT2D eigenvalue weighted by molar-refractivity contribution is -0.152. The normalized spacial score (nSPS) is 16.3. The number of benzene rings is 1. The Bertz CT molecular complexity index is 468. The number of carbonyl (C=O) groups is 1. The average Bonchev–Trinajstić information content (AvgIpc) is 2.99. The predicted molar refractivity (Wildman–Crippen MR) is 87.9 cm³/mol. The van der Waals surface area contributed by atoms with Crippen molar-refractivity contribution in [3.8, 4) is 0 Å². The Labute approximate surface area is 133 Å². The number of nitrogens with two attached hydrogens (primary N) is 1. The molecule has 2 rings (SSSR count). The maximum Gasteiger partial charge on any atom is 0.313 e. The number of methoxy groups -OCH3 is 1. The van der Waals surface area contributed by atoms with E-state index in [9.17, 15) is 4.79 Å². The van der Waals surface area contributed by atoms with Crippen molar-refractivity contribution in [2.45, 2.75) is 32.7 Å². The fourth-order valence-corrected chi connectivity index (χ4v) is 2.67. The highest BCUT2D eigenvalue weighted by Gasteiger charge is 2.36. The molecular weight excluding hydrogens is 288 g/mol. The van der Waals surface area contributed by atoms with E-state index in [0.29, 0.717) is 0 Å². The first-order chi connectivity index (χ1) is 9.46. The van der Waals surface area contributed by atoms with Gasteiger partial charge in [0.05, 0.1) is 12.5 Å². The highest BCUT2D eigenvalue weighted by atomic mass is 35.5. The van der Waals surface area contributed by atoms with E-state index in [0.717, 1.165) is 18.7 Å². The van der Waals surface area contributed by atoms with Crippen LogP contribution in [-0.2, 0) is 9.53 Å². The molecule has 0 aromatic heterocycles. The minimum atomic E-state index is -0.732. The lowest BCUT2D eigenvalue weighted by atomic mass is 9.81. The maximum absolute atomic E-state index is 11.8. The second-order valence-corrected chi connectivity index (χ2v) is 5.98. The van der Waals surface area contributed by atoms with Gasteiger partial charge in [-0.1, -0.05) is 12.1 Å². The summed E-state index contributed by atoms with van der Waals surface area (Å²) in [5.41, 5.74) is 7.70. The number of ether oxygens (including phenoxy) is 1. The molecule has 5 heteroatoms. The molecule has 0 unspecified atom stereocenters. The molecule has 0 aliphatic carbocycles. The van der Waals surface area contributed by atoms with Crippen LogP contribution in [0.3, 0.4) is 0 Å². The molecule has 1 heterocycles. The molecule has 21 heavy (non-hydrogen) atoms. The molecule has 1 aliphatic rings. The first-order valence-electron chi connectivity index (χ1n) is 7.15. The molecule has 0 spiro atoms. The fourth-order valence-electron chi connectivity index (χ4n) is 2.67. The van der Waals surface area contributed by atoms with Crippen molar-refractivity contribution in [3.05, 3.63) is 29.8 Å². The second-order valence-electron chi connectivity index (χ2n) is 5.98. The average molecular weight is 313 g/mol. The first-order valence-corrected chi connectivity index (χ1v) is 7.15. The molecule has 118 valence electrons. The molecule has 0 amide bonds. The molecule has 1 aromatic carbocycles. The lowest BCUT2D eigenvalue weighted by Crippen LogP contribution is -2.37. The molecule has 1 aliphatic heterocycles. The van der Waals surface area contributed by atoms with E-state index in [2.05, 4.69) is 17.0 Å². The summed E-state index contributed by atoms with van der Waals surface area (Å²) in [6, 6.07) is 7.84. The van der Waals surface area contributed by atoms with Crippen molar-refractivity contribution in [1.82, 2.24) is 0 Å². The molecule has 1 atom stereocenters. The van der Waals surface area contributed by atoms with Crippen LogP contribution in [0.2, 0.25) is 0 Å². The van der Waals surface area contributed by atoms with Crippen molar-refractivity contribution < 1.29 is 9.53 Å². The molecule has 1 fully saturated rings. The van der Waals surface area contributed by atoms with Gasteiger partial charge in [0.15, 0.2) is 0 Å². The van der Waals surface area contributed by atoms with Crippen LogP contribution in [0.25, 0.3) is 0 Å². The molecular formula is C16H25ClN2O2. The SMILES string of the molecule is COC(=O)C(C)(C)[C@H](N)c1ccc(N2CCCC2)cc1.Cl.